The van der Waals surface area contributed by atoms with E-state index in [-0.39, 0.29) is 23.7 Å². The van der Waals surface area contributed by atoms with Gasteiger partial charge in [0.25, 0.3) is 0 Å². The van der Waals surface area contributed by atoms with Crippen LogP contribution in [-0.2, 0) is 4.79 Å². The number of benzene rings is 1. The van der Waals surface area contributed by atoms with Crippen LogP contribution in [-0.4, -0.2) is 21.9 Å². The van der Waals surface area contributed by atoms with Crippen molar-refractivity contribution in [3.8, 4) is 11.3 Å². The molecule has 1 saturated carbocycles. The molecule has 28 heavy (non-hydrogen) atoms. The van der Waals surface area contributed by atoms with Gasteiger partial charge < -0.3 is 16.0 Å². The Morgan fingerprint density at radius 1 is 1.21 bits per heavy atom. The Morgan fingerprint density at radius 2 is 1.93 bits per heavy atom. The maximum absolute atomic E-state index is 13.2. The molecule has 1 aliphatic rings. The van der Waals surface area contributed by atoms with E-state index in [1.165, 1.54) is 12.1 Å². The molecule has 2 heterocycles. The van der Waals surface area contributed by atoms with Gasteiger partial charge in [0.05, 0.1) is 5.69 Å². The Bertz CT molecular complexity index is 972. The molecule has 2 aromatic heterocycles. The summed E-state index contributed by atoms with van der Waals surface area (Å²) in [6.07, 6.45) is 5.43. The van der Waals surface area contributed by atoms with Crippen LogP contribution >= 0.6 is 0 Å². The van der Waals surface area contributed by atoms with E-state index in [4.69, 9.17) is 5.73 Å². The second kappa shape index (κ2) is 7.72. The van der Waals surface area contributed by atoms with Gasteiger partial charge in [-0.15, -0.1) is 0 Å². The highest BCUT2D eigenvalue weighted by Gasteiger charge is 2.28. The van der Waals surface area contributed by atoms with Gasteiger partial charge in [-0.3, -0.25) is 4.79 Å². The number of aromatic nitrogens is 2. The summed E-state index contributed by atoms with van der Waals surface area (Å²) in [5.74, 6) is 0.318. The van der Waals surface area contributed by atoms with Gasteiger partial charge in [0, 0.05) is 29.2 Å². The fourth-order valence-electron chi connectivity index (χ4n) is 4.06. The second-order valence-corrected chi connectivity index (χ2v) is 7.77. The Hall–Kier alpha value is -2.73. The molecule has 1 aliphatic carbocycles. The third-order valence-electron chi connectivity index (χ3n) is 5.83. The molecule has 3 aromatic rings. The molecule has 1 aromatic carbocycles. The first-order valence-corrected chi connectivity index (χ1v) is 9.81. The maximum Gasteiger partial charge on any atom is 0.227 e. The van der Waals surface area contributed by atoms with Gasteiger partial charge in [-0.05, 0) is 80.5 Å². The van der Waals surface area contributed by atoms with Crippen LogP contribution in [0.1, 0.15) is 32.6 Å². The number of pyridine rings is 1. The number of carbonyl (C=O) groups excluding carboxylic acids is 1. The number of aromatic amines is 1. The van der Waals surface area contributed by atoms with Crippen LogP contribution in [0.15, 0.2) is 42.6 Å². The van der Waals surface area contributed by atoms with Gasteiger partial charge in [0.1, 0.15) is 11.5 Å². The van der Waals surface area contributed by atoms with Crippen molar-refractivity contribution in [2.75, 3.05) is 5.32 Å². The van der Waals surface area contributed by atoms with E-state index >= 15 is 0 Å². The van der Waals surface area contributed by atoms with Crippen molar-refractivity contribution in [2.45, 2.75) is 38.6 Å². The number of nitrogens with one attached hydrogen (secondary N) is 2. The predicted molar refractivity (Wildman–Crippen MR) is 109 cm³/mol. The van der Waals surface area contributed by atoms with E-state index in [1.807, 2.05) is 19.1 Å². The molecule has 0 aliphatic heterocycles. The van der Waals surface area contributed by atoms with Crippen LogP contribution in [0, 0.1) is 17.7 Å². The van der Waals surface area contributed by atoms with Crippen molar-refractivity contribution >= 4 is 22.6 Å². The largest absolute Gasteiger partial charge is 0.339 e. The minimum Gasteiger partial charge on any atom is -0.339 e. The van der Waals surface area contributed by atoms with Gasteiger partial charge in [-0.1, -0.05) is 0 Å². The molecule has 4 N–H and O–H groups in total. The number of hydrogen-bond acceptors (Lipinski definition) is 3. The lowest BCUT2D eigenvalue weighted by molar-refractivity contribution is -0.121. The van der Waals surface area contributed by atoms with Crippen LogP contribution in [0.3, 0.4) is 0 Å². The number of nitrogens with two attached hydrogens (primary N) is 1. The van der Waals surface area contributed by atoms with Crippen molar-refractivity contribution in [1.82, 2.24) is 9.97 Å². The molecule has 146 valence electrons. The molecule has 1 atom stereocenters. The fraction of sp³-hybridized carbons (Fsp3) is 0.364. The Balaban J connectivity index is 1.52. The Kier molecular flexibility index (Phi) is 5.13. The third kappa shape index (κ3) is 3.78. The van der Waals surface area contributed by atoms with Crippen molar-refractivity contribution in [2.24, 2.45) is 17.6 Å². The Morgan fingerprint density at radius 3 is 2.61 bits per heavy atom. The number of anilines is 1. The first kappa shape index (κ1) is 18.6. The molecule has 1 fully saturated rings. The molecule has 0 radical (unpaired) electrons. The van der Waals surface area contributed by atoms with Crippen LogP contribution < -0.4 is 11.1 Å². The SMILES string of the molecule is C[C@H](N)C1CCC(C(=O)Nc2ccnc3[nH]c(-c4ccc(F)cc4)cc23)CC1. The molecule has 1 amide bonds. The van der Waals surface area contributed by atoms with E-state index in [1.54, 1.807) is 18.3 Å². The summed E-state index contributed by atoms with van der Waals surface area (Å²) in [5, 5.41) is 3.93. The van der Waals surface area contributed by atoms with E-state index < -0.39 is 0 Å². The number of rotatable bonds is 4. The van der Waals surface area contributed by atoms with Crippen LogP contribution in [0.25, 0.3) is 22.3 Å². The third-order valence-corrected chi connectivity index (χ3v) is 5.83. The zero-order valence-electron chi connectivity index (χ0n) is 15.9. The molecule has 0 bridgehead atoms. The number of amides is 1. The van der Waals surface area contributed by atoms with Gasteiger partial charge in [-0.25, -0.2) is 9.37 Å². The molecule has 0 unspecified atom stereocenters. The summed E-state index contributed by atoms with van der Waals surface area (Å²) >= 11 is 0. The van der Waals surface area contributed by atoms with Gasteiger partial charge >= 0.3 is 0 Å². The molecule has 6 heteroatoms. The lowest BCUT2D eigenvalue weighted by atomic mass is 9.79. The molecule has 0 spiro atoms. The number of nitrogens with zero attached hydrogens (tertiary/aromatic N) is 1. The number of hydrogen-bond donors (Lipinski definition) is 3. The quantitative estimate of drug-likeness (QED) is 0.625. The first-order valence-electron chi connectivity index (χ1n) is 9.81. The summed E-state index contributed by atoms with van der Waals surface area (Å²) in [6.45, 7) is 2.05. The highest BCUT2D eigenvalue weighted by Crippen LogP contribution is 2.32. The van der Waals surface area contributed by atoms with E-state index in [9.17, 15) is 9.18 Å². The standard InChI is InChI=1S/C22H25FN4O/c1-13(24)14-2-4-16(5-3-14)22(28)27-19-10-11-25-21-18(19)12-20(26-21)15-6-8-17(23)9-7-15/h6-14,16H,2-5,24H2,1H3,(H2,25,26,27,28)/t13-,14?,16?/m0/s1. The van der Waals surface area contributed by atoms with Crippen LogP contribution in [0.2, 0.25) is 0 Å². The molecular formula is C22H25FN4O. The van der Waals surface area contributed by atoms with Crippen molar-refractivity contribution < 1.29 is 9.18 Å². The lowest BCUT2D eigenvalue weighted by Gasteiger charge is -2.30. The minimum atomic E-state index is -0.273. The molecular weight excluding hydrogens is 355 g/mol. The zero-order chi connectivity index (χ0) is 19.7. The summed E-state index contributed by atoms with van der Waals surface area (Å²) in [6, 6.07) is 10.2. The number of H-pyrrole nitrogens is 1. The van der Waals surface area contributed by atoms with Crippen molar-refractivity contribution in [1.29, 1.82) is 0 Å². The predicted octanol–water partition coefficient (Wildman–Crippen LogP) is 4.46. The summed E-state index contributed by atoms with van der Waals surface area (Å²) in [7, 11) is 0. The lowest BCUT2D eigenvalue weighted by Crippen LogP contribution is -2.33. The molecule has 0 saturated heterocycles. The number of fused-ring (bicyclic) bond motifs is 1. The fourth-order valence-corrected chi connectivity index (χ4v) is 4.06. The van der Waals surface area contributed by atoms with Crippen LogP contribution in [0.4, 0.5) is 10.1 Å². The number of carbonyl (C=O) groups is 1. The molecule has 5 nitrogen and oxygen atoms in total. The van der Waals surface area contributed by atoms with E-state index in [0.29, 0.717) is 11.6 Å². The minimum absolute atomic E-state index is 0.0220. The molecule has 4 rings (SSSR count). The first-order chi connectivity index (χ1) is 13.5. The Labute approximate surface area is 163 Å². The average molecular weight is 380 g/mol. The van der Waals surface area contributed by atoms with Crippen LogP contribution in [0.5, 0.6) is 0 Å². The monoisotopic (exact) mass is 380 g/mol. The normalized spacial score (nSPS) is 20.8. The average Bonchev–Trinajstić information content (AvgIpc) is 3.14. The summed E-state index contributed by atoms with van der Waals surface area (Å²) < 4.78 is 13.2. The van der Waals surface area contributed by atoms with Gasteiger partial charge in [0.2, 0.25) is 5.91 Å². The maximum atomic E-state index is 13.2. The summed E-state index contributed by atoms with van der Waals surface area (Å²) in [4.78, 5) is 20.4. The topological polar surface area (TPSA) is 83.8 Å². The van der Waals surface area contributed by atoms with E-state index in [0.717, 1.165) is 48.0 Å². The smallest absolute Gasteiger partial charge is 0.227 e. The van der Waals surface area contributed by atoms with E-state index in [2.05, 4.69) is 15.3 Å². The van der Waals surface area contributed by atoms with Crippen molar-refractivity contribution in [3.05, 3.63) is 48.4 Å². The summed E-state index contributed by atoms with van der Waals surface area (Å²) in [5.41, 5.74) is 9.14. The van der Waals surface area contributed by atoms with Crippen molar-refractivity contribution in [3.63, 3.8) is 0 Å². The highest BCUT2D eigenvalue weighted by atomic mass is 19.1. The van der Waals surface area contributed by atoms with Gasteiger partial charge in [-0.2, -0.15) is 0 Å². The number of halogens is 1. The highest BCUT2D eigenvalue weighted by molar-refractivity contribution is 6.02. The second-order valence-electron chi connectivity index (χ2n) is 7.77. The van der Waals surface area contributed by atoms with Gasteiger partial charge in [0.15, 0.2) is 0 Å². The zero-order valence-corrected chi connectivity index (χ0v) is 15.9.